The minimum atomic E-state index is -3.96. The standard InChI is InChI=1S/C21H16O6S/c1-25-20-17(28(23,24)13-8-4-3-5-9-13)12-15-18(22)14-10-6-7-11-16(14)27-19(15)21(20)26-2/h3-12H,1-2H3. The molecule has 0 bridgehead atoms. The summed E-state index contributed by atoms with van der Waals surface area (Å²) in [5.41, 5.74) is 0.163. The molecule has 28 heavy (non-hydrogen) atoms. The van der Waals surface area contributed by atoms with Crippen LogP contribution in [0.3, 0.4) is 0 Å². The minimum absolute atomic E-state index is 0.0164. The van der Waals surface area contributed by atoms with Crippen LogP contribution in [0, 0.1) is 0 Å². The maximum Gasteiger partial charge on any atom is 0.210 e. The molecule has 142 valence electrons. The number of ether oxygens (including phenoxy) is 2. The lowest BCUT2D eigenvalue weighted by Gasteiger charge is -2.15. The van der Waals surface area contributed by atoms with Gasteiger partial charge in [-0.25, -0.2) is 8.42 Å². The molecule has 0 atom stereocenters. The van der Waals surface area contributed by atoms with Crippen LogP contribution in [-0.2, 0) is 9.84 Å². The summed E-state index contributed by atoms with van der Waals surface area (Å²) in [6, 6.07) is 16.0. The van der Waals surface area contributed by atoms with Crippen LogP contribution < -0.4 is 14.9 Å². The van der Waals surface area contributed by atoms with Gasteiger partial charge in [0.15, 0.2) is 11.3 Å². The van der Waals surface area contributed by atoms with Crippen molar-refractivity contribution >= 4 is 31.8 Å². The van der Waals surface area contributed by atoms with Crippen molar-refractivity contribution in [2.75, 3.05) is 14.2 Å². The second-order valence-electron chi connectivity index (χ2n) is 6.06. The number of sulfone groups is 1. The predicted molar refractivity (Wildman–Crippen MR) is 105 cm³/mol. The van der Waals surface area contributed by atoms with Gasteiger partial charge in [-0.05, 0) is 30.3 Å². The number of hydrogen-bond acceptors (Lipinski definition) is 6. The van der Waals surface area contributed by atoms with Gasteiger partial charge in [-0.3, -0.25) is 4.79 Å². The van der Waals surface area contributed by atoms with E-state index in [9.17, 15) is 13.2 Å². The first-order valence-electron chi connectivity index (χ1n) is 8.39. The zero-order valence-corrected chi connectivity index (χ0v) is 15.9. The van der Waals surface area contributed by atoms with E-state index in [0.717, 1.165) is 0 Å². The van der Waals surface area contributed by atoms with Crippen molar-refractivity contribution in [1.82, 2.24) is 0 Å². The van der Waals surface area contributed by atoms with Crippen LogP contribution in [0.25, 0.3) is 21.9 Å². The van der Waals surface area contributed by atoms with Gasteiger partial charge in [0.2, 0.25) is 21.0 Å². The SMILES string of the molecule is COc1c(S(=O)(=O)c2ccccc2)cc2c(=O)c3ccccc3oc2c1OC. The van der Waals surface area contributed by atoms with E-state index in [1.807, 2.05) is 0 Å². The van der Waals surface area contributed by atoms with Crippen LogP contribution >= 0.6 is 0 Å². The molecule has 0 aliphatic carbocycles. The first kappa shape index (κ1) is 18.1. The van der Waals surface area contributed by atoms with Gasteiger partial charge >= 0.3 is 0 Å². The third-order valence-electron chi connectivity index (χ3n) is 4.50. The number of rotatable bonds is 4. The molecule has 0 N–H and O–H groups in total. The summed E-state index contributed by atoms with van der Waals surface area (Å²) in [5, 5.41) is 0.455. The van der Waals surface area contributed by atoms with E-state index >= 15 is 0 Å². The van der Waals surface area contributed by atoms with Gasteiger partial charge < -0.3 is 13.9 Å². The molecule has 1 heterocycles. The fourth-order valence-corrected chi connectivity index (χ4v) is 4.64. The second-order valence-corrected chi connectivity index (χ2v) is 7.98. The lowest BCUT2D eigenvalue weighted by Crippen LogP contribution is -2.09. The van der Waals surface area contributed by atoms with Crippen LogP contribution in [-0.4, -0.2) is 22.6 Å². The summed E-state index contributed by atoms with van der Waals surface area (Å²) in [7, 11) is -1.25. The van der Waals surface area contributed by atoms with Gasteiger partial charge in [-0.1, -0.05) is 30.3 Å². The highest BCUT2D eigenvalue weighted by atomic mass is 32.2. The zero-order valence-electron chi connectivity index (χ0n) is 15.1. The van der Waals surface area contributed by atoms with Crippen molar-refractivity contribution in [1.29, 1.82) is 0 Å². The Morgan fingerprint density at radius 1 is 0.821 bits per heavy atom. The van der Waals surface area contributed by atoms with Crippen molar-refractivity contribution in [3.63, 3.8) is 0 Å². The lowest BCUT2D eigenvalue weighted by molar-refractivity contribution is 0.346. The minimum Gasteiger partial charge on any atom is -0.491 e. The monoisotopic (exact) mass is 396 g/mol. The van der Waals surface area contributed by atoms with Gasteiger partial charge in [0.1, 0.15) is 10.5 Å². The Bertz CT molecular complexity index is 1350. The highest BCUT2D eigenvalue weighted by molar-refractivity contribution is 7.91. The largest absolute Gasteiger partial charge is 0.491 e. The quantitative estimate of drug-likeness (QED) is 0.488. The molecule has 0 fully saturated rings. The van der Waals surface area contributed by atoms with Gasteiger partial charge in [-0.2, -0.15) is 0 Å². The number of benzene rings is 3. The van der Waals surface area contributed by atoms with Gasteiger partial charge in [-0.15, -0.1) is 0 Å². The summed E-state index contributed by atoms with van der Waals surface area (Å²) in [4.78, 5) is 12.9. The smallest absolute Gasteiger partial charge is 0.210 e. The molecule has 4 aromatic rings. The first-order valence-corrected chi connectivity index (χ1v) is 9.88. The molecule has 6 nitrogen and oxygen atoms in total. The summed E-state index contributed by atoms with van der Waals surface area (Å²) in [6.45, 7) is 0. The second kappa shape index (κ2) is 6.69. The van der Waals surface area contributed by atoms with Crippen molar-refractivity contribution < 1.29 is 22.3 Å². The average molecular weight is 396 g/mol. The average Bonchev–Trinajstić information content (AvgIpc) is 2.73. The Kier molecular flexibility index (Phi) is 4.31. The van der Waals surface area contributed by atoms with E-state index < -0.39 is 9.84 Å². The van der Waals surface area contributed by atoms with E-state index in [2.05, 4.69) is 0 Å². The fourth-order valence-electron chi connectivity index (χ4n) is 3.17. The molecule has 0 unspecified atom stereocenters. The van der Waals surface area contributed by atoms with E-state index in [-0.39, 0.29) is 37.7 Å². The number of methoxy groups -OCH3 is 2. The molecule has 0 aliphatic heterocycles. The number of hydrogen-bond donors (Lipinski definition) is 0. The molecule has 0 radical (unpaired) electrons. The Morgan fingerprint density at radius 3 is 2.14 bits per heavy atom. The molecular formula is C21H16O6S. The van der Waals surface area contributed by atoms with Crippen LogP contribution in [0.2, 0.25) is 0 Å². The van der Waals surface area contributed by atoms with Crippen LogP contribution in [0.4, 0.5) is 0 Å². The Balaban J connectivity index is 2.18. The van der Waals surface area contributed by atoms with Crippen LogP contribution in [0.1, 0.15) is 0 Å². The molecule has 7 heteroatoms. The molecule has 0 saturated carbocycles. The van der Waals surface area contributed by atoms with Gasteiger partial charge in [0, 0.05) is 0 Å². The molecule has 0 saturated heterocycles. The molecule has 0 amide bonds. The molecule has 0 aliphatic rings. The van der Waals surface area contributed by atoms with Gasteiger partial charge in [0.25, 0.3) is 0 Å². The summed E-state index contributed by atoms with van der Waals surface area (Å²) < 4.78 is 43.1. The Labute approximate surface area is 160 Å². The van der Waals surface area contributed by atoms with Crippen molar-refractivity contribution in [2.24, 2.45) is 0 Å². The van der Waals surface area contributed by atoms with Crippen LogP contribution in [0.5, 0.6) is 11.5 Å². The van der Waals surface area contributed by atoms with E-state index in [1.54, 1.807) is 42.5 Å². The Morgan fingerprint density at radius 2 is 1.46 bits per heavy atom. The normalized spacial score (nSPS) is 11.6. The fraction of sp³-hybridized carbons (Fsp3) is 0.0952. The van der Waals surface area contributed by atoms with Crippen molar-refractivity contribution in [3.8, 4) is 11.5 Å². The highest BCUT2D eigenvalue weighted by Crippen LogP contribution is 2.42. The molecule has 0 spiro atoms. The predicted octanol–water partition coefficient (Wildman–Crippen LogP) is 3.80. The Hall–Kier alpha value is -3.32. The number of fused-ring (bicyclic) bond motifs is 2. The van der Waals surface area contributed by atoms with Crippen LogP contribution in [0.15, 0.2) is 79.7 Å². The zero-order chi connectivity index (χ0) is 19.9. The third-order valence-corrected chi connectivity index (χ3v) is 6.27. The maximum absolute atomic E-state index is 13.2. The highest BCUT2D eigenvalue weighted by Gasteiger charge is 2.29. The molecule has 4 rings (SSSR count). The summed E-state index contributed by atoms with van der Waals surface area (Å²) in [5.74, 6) is 0.0367. The van der Waals surface area contributed by atoms with E-state index in [1.165, 1.54) is 32.4 Å². The summed E-state index contributed by atoms with van der Waals surface area (Å²) >= 11 is 0. The lowest BCUT2D eigenvalue weighted by atomic mass is 10.1. The molecule has 1 aromatic heterocycles. The van der Waals surface area contributed by atoms with E-state index in [0.29, 0.717) is 11.0 Å². The van der Waals surface area contributed by atoms with Crippen molar-refractivity contribution in [2.45, 2.75) is 9.79 Å². The maximum atomic E-state index is 13.2. The number of para-hydroxylation sites is 1. The van der Waals surface area contributed by atoms with Crippen molar-refractivity contribution in [3.05, 3.63) is 70.9 Å². The first-order chi connectivity index (χ1) is 13.5. The van der Waals surface area contributed by atoms with E-state index in [4.69, 9.17) is 13.9 Å². The van der Waals surface area contributed by atoms with Gasteiger partial charge in [0.05, 0.1) is 29.9 Å². The molecular weight excluding hydrogens is 380 g/mol. The third kappa shape index (κ3) is 2.63. The summed E-state index contributed by atoms with van der Waals surface area (Å²) in [6.07, 6.45) is 0. The molecule has 3 aromatic carbocycles. The topological polar surface area (TPSA) is 82.8 Å².